The lowest BCUT2D eigenvalue weighted by atomic mass is 10.1. The minimum Gasteiger partial charge on any atom is -0.496 e. The predicted molar refractivity (Wildman–Crippen MR) is 134 cm³/mol. The second kappa shape index (κ2) is 10.6. The number of hydrogen-bond donors (Lipinski definition) is 1. The van der Waals surface area contributed by atoms with E-state index in [0.29, 0.717) is 48.0 Å². The molecule has 1 aliphatic heterocycles. The number of methoxy groups -OCH3 is 1. The van der Waals surface area contributed by atoms with E-state index in [4.69, 9.17) is 4.74 Å². The highest BCUT2D eigenvalue weighted by Crippen LogP contribution is 2.26. The maximum atomic E-state index is 13.2. The number of carbonyl (C=O) groups excluding carboxylic acids is 1. The molecule has 0 radical (unpaired) electrons. The number of nitrogens with one attached hydrogen (secondary N) is 1. The molecular weight excluding hydrogens is 464 g/mol. The first-order valence-corrected chi connectivity index (χ1v) is 13.3. The molecule has 0 spiro atoms. The quantitative estimate of drug-likeness (QED) is 0.514. The van der Waals surface area contributed by atoms with Gasteiger partial charge in [0.1, 0.15) is 10.6 Å². The molecule has 0 aliphatic carbocycles. The van der Waals surface area contributed by atoms with Gasteiger partial charge >= 0.3 is 0 Å². The number of piperidine rings is 1. The highest BCUT2D eigenvalue weighted by atomic mass is 32.2. The Bertz CT molecular complexity index is 1290. The third-order valence-electron chi connectivity index (χ3n) is 6.41. The summed E-state index contributed by atoms with van der Waals surface area (Å²) < 4.78 is 35.1. The molecule has 1 N–H and O–H groups in total. The van der Waals surface area contributed by atoms with E-state index in [0.717, 1.165) is 36.1 Å². The number of rotatable bonds is 8. The summed E-state index contributed by atoms with van der Waals surface area (Å²) >= 11 is 0. The van der Waals surface area contributed by atoms with Crippen LogP contribution in [0.4, 0.5) is 0 Å². The van der Waals surface area contributed by atoms with Crippen LogP contribution >= 0.6 is 0 Å². The number of aryl methyl sites for hydroxylation is 1. The first kappa shape index (κ1) is 24.9. The Morgan fingerprint density at radius 2 is 1.71 bits per heavy atom. The van der Waals surface area contributed by atoms with Crippen molar-refractivity contribution in [3.8, 4) is 5.75 Å². The Hall–Kier alpha value is -3.17. The standard InChI is InChI=1S/C26H32N4O4S/c1-19-25(35(32,33)29-15-7-4-8-16-29)20(2)30(28-19)18-21-11-13-22(14-12-21)26(31)27-17-23-9-5-6-10-24(23)34-3/h5-6,9-14H,4,7-8,15-18H2,1-3H3,(H,27,31). The summed E-state index contributed by atoms with van der Waals surface area (Å²) in [6, 6.07) is 14.8. The average molecular weight is 497 g/mol. The van der Waals surface area contributed by atoms with Crippen molar-refractivity contribution in [2.75, 3.05) is 20.2 Å². The van der Waals surface area contributed by atoms with E-state index in [1.807, 2.05) is 36.4 Å². The molecule has 1 saturated heterocycles. The van der Waals surface area contributed by atoms with Crippen molar-refractivity contribution < 1.29 is 17.9 Å². The third-order valence-corrected chi connectivity index (χ3v) is 8.56. The highest BCUT2D eigenvalue weighted by molar-refractivity contribution is 7.89. The molecule has 1 fully saturated rings. The lowest BCUT2D eigenvalue weighted by Crippen LogP contribution is -2.36. The van der Waals surface area contributed by atoms with E-state index in [1.165, 1.54) is 0 Å². The number of hydrogen-bond acceptors (Lipinski definition) is 5. The van der Waals surface area contributed by atoms with Crippen molar-refractivity contribution in [2.45, 2.75) is 51.1 Å². The first-order valence-electron chi connectivity index (χ1n) is 11.8. The molecule has 0 bridgehead atoms. The molecule has 2 aromatic carbocycles. The van der Waals surface area contributed by atoms with Gasteiger partial charge in [-0.1, -0.05) is 36.8 Å². The van der Waals surface area contributed by atoms with Gasteiger partial charge in [-0.15, -0.1) is 0 Å². The summed E-state index contributed by atoms with van der Waals surface area (Å²) in [6.45, 7) is 5.46. The van der Waals surface area contributed by atoms with E-state index in [1.54, 1.807) is 42.1 Å². The van der Waals surface area contributed by atoms with Crippen LogP contribution in [0.15, 0.2) is 53.4 Å². The summed E-state index contributed by atoms with van der Waals surface area (Å²) in [5, 5.41) is 7.44. The van der Waals surface area contributed by atoms with Crippen molar-refractivity contribution in [1.29, 1.82) is 0 Å². The van der Waals surface area contributed by atoms with Gasteiger partial charge in [-0.05, 0) is 50.5 Å². The zero-order chi connectivity index (χ0) is 25.0. The van der Waals surface area contributed by atoms with Crippen molar-refractivity contribution in [3.63, 3.8) is 0 Å². The predicted octanol–water partition coefficient (Wildman–Crippen LogP) is 3.66. The van der Waals surface area contributed by atoms with E-state index in [9.17, 15) is 13.2 Å². The second-order valence-corrected chi connectivity index (χ2v) is 10.7. The summed E-state index contributed by atoms with van der Waals surface area (Å²) in [6.07, 6.45) is 2.85. The maximum absolute atomic E-state index is 13.2. The van der Waals surface area contributed by atoms with Crippen LogP contribution in [0.5, 0.6) is 5.75 Å². The largest absolute Gasteiger partial charge is 0.496 e. The Kier molecular flexibility index (Phi) is 7.57. The number of aromatic nitrogens is 2. The molecule has 1 amide bonds. The normalized spacial score (nSPS) is 14.6. The lowest BCUT2D eigenvalue weighted by molar-refractivity contribution is 0.0950. The molecule has 0 atom stereocenters. The number of carbonyl (C=O) groups is 1. The van der Waals surface area contributed by atoms with E-state index >= 15 is 0 Å². The minimum atomic E-state index is -3.56. The highest BCUT2D eigenvalue weighted by Gasteiger charge is 2.31. The van der Waals surface area contributed by atoms with Crippen LogP contribution in [0.3, 0.4) is 0 Å². The molecule has 2 heterocycles. The molecule has 35 heavy (non-hydrogen) atoms. The lowest BCUT2D eigenvalue weighted by Gasteiger charge is -2.26. The SMILES string of the molecule is COc1ccccc1CNC(=O)c1ccc(Cn2nc(C)c(S(=O)(=O)N3CCCCC3)c2C)cc1. The maximum Gasteiger partial charge on any atom is 0.251 e. The molecule has 3 aromatic rings. The van der Waals surface area contributed by atoms with Crippen molar-refractivity contribution in [2.24, 2.45) is 0 Å². The van der Waals surface area contributed by atoms with Crippen molar-refractivity contribution in [3.05, 3.63) is 76.6 Å². The molecular formula is C26H32N4O4S. The monoisotopic (exact) mass is 496 g/mol. The van der Waals surface area contributed by atoms with Gasteiger partial charge in [0.05, 0.1) is 25.0 Å². The fourth-order valence-electron chi connectivity index (χ4n) is 4.50. The van der Waals surface area contributed by atoms with Gasteiger partial charge in [-0.25, -0.2) is 8.42 Å². The van der Waals surface area contributed by atoms with Crippen LogP contribution in [0.2, 0.25) is 0 Å². The number of nitrogens with zero attached hydrogens (tertiary/aromatic N) is 3. The molecule has 1 aromatic heterocycles. The Labute approximate surface area is 207 Å². The Morgan fingerprint density at radius 1 is 1.03 bits per heavy atom. The van der Waals surface area contributed by atoms with Gasteiger partial charge < -0.3 is 10.1 Å². The van der Waals surface area contributed by atoms with Crippen molar-refractivity contribution >= 4 is 15.9 Å². The minimum absolute atomic E-state index is 0.177. The third kappa shape index (κ3) is 5.41. The zero-order valence-corrected chi connectivity index (χ0v) is 21.3. The van der Waals surface area contributed by atoms with Gasteiger partial charge in [-0.2, -0.15) is 9.40 Å². The topological polar surface area (TPSA) is 93.5 Å². The van der Waals surface area contributed by atoms with Crippen LogP contribution in [-0.2, 0) is 23.1 Å². The number of benzene rings is 2. The van der Waals surface area contributed by atoms with E-state index in [-0.39, 0.29) is 5.91 Å². The molecule has 0 saturated carbocycles. The number of ether oxygens (including phenoxy) is 1. The Balaban J connectivity index is 1.44. The second-order valence-electron chi connectivity index (χ2n) is 8.81. The summed E-state index contributed by atoms with van der Waals surface area (Å²) in [7, 11) is -1.95. The molecule has 1 aliphatic rings. The van der Waals surface area contributed by atoms with Crippen LogP contribution in [0, 0.1) is 13.8 Å². The van der Waals surface area contributed by atoms with Gasteiger partial charge in [0.15, 0.2) is 0 Å². The number of sulfonamides is 1. The molecule has 186 valence electrons. The van der Waals surface area contributed by atoms with Gasteiger partial charge in [0, 0.05) is 30.8 Å². The average Bonchev–Trinajstić information content (AvgIpc) is 3.16. The van der Waals surface area contributed by atoms with Crippen LogP contribution in [0.1, 0.15) is 52.1 Å². The molecule has 4 rings (SSSR count). The first-order chi connectivity index (χ1) is 16.8. The van der Waals surface area contributed by atoms with Gasteiger partial charge in [-0.3, -0.25) is 9.48 Å². The summed E-state index contributed by atoms with van der Waals surface area (Å²) in [4.78, 5) is 12.9. The van der Waals surface area contributed by atoms with Crippen LogP contribution in [-0.4, -0.2) is 48.6 Å². The van der Waals surface area contributed by atoms with Crippen molar-refractivity contribution in [1.82, 2.24) is 19.4 Å². The molecule has 9 heteroatoms. The Morgan fingerprint density at radius 3 is 2.40 bits per heavy atom. The van der Waals surface area contributed by atoms with Gasteiger partial charge in [0.25, 0.3) is 5.91 Å². The molecule has 0 unspecified atom stereocenters. The molecule has 8 nitrogen and oxygen atoms in total. The summed E-state index contributed by atoms with van der Waals surface area (Å²) in [5.74, 6) is 0.554. The smallest absolute Gasteiger partial charge is 0.251 e. The zero-order valence-electron chi connectivity index (χ0n) is 20.5. The number of amides is 1. The van der Waals surface area contributed by atoms with Gasteiger partial charge in [0.2, 0.25) is 10.0 Å². The van der Waals surface area contributed by atoms with Crippen LogP contribution < -0.4 is 10.1 Å². The van der Waals surface area contributed by atoms with E-state index in [2.05, 4.69) is 10.4 Å². The van der Waals surface area contributed by atoms with E-state index < -0.39 is 10.0 Å². The fourth-order valence-corrected chi connectivity index (χ4v) is 6.39. The van der Waals surface area contributed by atoms with Crippen LogP contribution in [0.25, 0.3) is 0 Å². The number of para-hydroxylation sites is 1. The summed E-state index contributed by atoms with van der Waals surface area (Å²) in [5.41, 5.74) is 3.52. The fraction of sp³-hybridized carbons (Fsp3) is 0.385.